The molecule has 1 N–H and O–H groups in total. The second-order valence-electron chi connectivity index (χ2n) is 5.86. The SMILES string of the molecule is Cc1ccc(-c2[nH]c(-c3ccc(C)cc3)c(C)c2C)cc1. The van der Waals surface area contributed by atoms with Crippen LogP contribution < -0.4 is 0 Å². The summed E-state index contributed by atoms with van der Waals surface area (Å²) in [6.45, 7) is 8.63. The number of benzene rings is 2. The van der Waals surface area contributed by atoms with Gasteiger partial charge in [0.2, 0.25) is 0 Å². The molecule has 0 bridgehead atoms. The second kappa shape index (κ2) is 5.25. The van der Waals surface area contributed by atoms with E-state index < -0.39 is 0 Å². The minimum absolute atomic E-state index is 1.23. The fourth-order valence-corrected chi connectivity index (χ4v) is 2.71. The van der Waals surface area contributed by atoms with Gasteiger partial charge >= 0.3 is 0 Å². The van der Waals surface area contributed by atoms with E-state index in [2.05, 4.69) is 81.2 Å². The molecule has 0 spiro atoms. The topological polar surface area (TPSA) is 15.8 Å². The van der Waals surface area contributed by atoms with Crippen molar-refractivity contribution in [3.05, 3.63) is 70.8 Å². The van der Waals surface area contributed by atoms with Crippen LogP contribution in [0.4, 0.5) is 0 Å². The van der Waals surface area contributed by atoms with Crippen LogP contribution in [-0.4, -0.2) is 4.98 Å². The molecule has 2 aromatic carbocycles. The third-order valence-electron chi connectivity index (χ3n) is 4.24. The predicted molar refractivity (Wildman–Crippen MR) is 90.6 cm³/mol. The molecule has 1 nitrogen and oxygen atoms in total. The van der Waals surface area contributed by atoms with Crippen molar-refractivity contribution in [1.29, 1.82) is 0 Å². The van der Waals surface area contributed by atoms with Crippen LogP contribution in [0.5, 0.6) is 0 Å². The second-order valence-corrected chi connectivity index (χ2v) is 5.86. The van der Waals surface area contributed by atoms with Crippen molar-refractivity contribution in [2.24, 2.45) is 0 Å². The van der Waals surface area contributed by atoms with Gasteiger partial charge in [0.1, 0.15) is 0 Å². The summed E-state index contributed by atoms with van der Waals surface area (Å²) in [4.78, 5) is 3.62. The van der Waals surface area contributed by atoms with Crippen LogP contribution in [0.15, 0.2) is 48.5 Å². The van der Waals surface area contributed by atoms with E-state index in [4.69, 9.17) is 0 Å². The Kier molecular flexibility index (Phi) is 3.42. The molecule has 3 aromatic rings. The molecule has 0 amide bonds. The Bertz CT molecular complexity index is 693. The van der Waals surface area contributed by atoms with Crippen LogP contribution in [0.25, 0.3) is 22.5 Å². The van der Waals surface area contributed by atoms with Crippen LogP contribution in [0.2, 0.25) is 0 Å². The first-order valence-electron chi connectivity index (χ1n) is 7.39. The average molecular weight is 275 g/mol. The molecule has 3 rings (SSSR count). The normalized spacial score (nSPS) is 10.9. The molecule has 0 atom stereocenters. The van der Waals surface area contributed by atoms with E-state index >= 15 is 0 Å². The highest BCUT2D eigenvalue weighted by molar-refractivity contribution is 5.75. The van der Waals surface area contributed by atoms with Gasteiger partial charge < -0.3 is 4.98 Å². The van der Waals surface area contributed by atoms with Gasteiger partial charge in [0.15, 0.2) is 0 Å². The fourth-order valence-electron chi connectivity index (χ4n) is 2.71. The van der Waals surface area contributed by atoms with E-state index in [1.165, 1.54) is 44.8 Å². The molecule has 1 heterocycles. The van der Waals surface area contributed by atoms with Gasteiger partial charge in [0.25, 0.3) is 0 Å². The van der Waals surface area contributed by atoms with E-state index in [0.717, 1.165) is 0 Å². The maximum absolute atomic E-state index is 3.62. The van der Waals surface area contributed by atoms with Crippen LogP contribution >= 0.6 is 0 Å². The molecule has 0 radical (unpaired) electrons. The summed E-state index contributed by atoms with van der Waals surface area (Å²) in [7, 11) is 0. The fraction of sp³-hybridized carbons (Fsp3) is 0.200. The van der Waals surface area contributed by atoms with Crippen molar-refractivity contribution in [1.82, 2.24) is 4.98 Å². The zero-order valence-corrected chi connectivity index (χ0v) is 13.1. The van der Waals surface area contributed by atoms with E-state index in [-0.39, 0.29) is 0 Å². The van der Waals surface area contributed by atoms with E-state index in [9.17, 15) is 0 Å². The third kappa shape index (κ3) is 2.52. The standard InChI is InChI=1S/C20H21N/c1-13-5-9-17(10-6-13)19-15(3)16(4)20(21-19)18-11-7-14(2)8-12-18/h5-12,21H,1-4H3. The monoisotopic (exact) mass is 275 g/mol. The average Bonchev–Trinajstić information content (AvgIpc) is 2.78. The number of H-pyrrole nitrogens is 1. The van der Waals surface area contributed by atoms with Crippen LogP contribution in [0, 0.1) is 27.7 Å². The molecule has 1 aromatic heterocycles. The van der Waals surface area contributed by atoms with Gasteiger partial charge in [-0.15, -0.1) is 0 Å². The number of rotatable bonds is 2. The Labute approximate surface area is 126 Å². The van der Waals surface area contributed by atoms with Crippen molar-refractivity contribution in [2.45, 2.75) is 27.7 Å². The first kappa shape index (κ1) is 13.7. The molecule has 1 heteroatoms. The van der Waals surface area contributed by atoms with Crippen LogP contribution in [0.1, 0.15) is 22.3 Å². The summed E-state index contributed by atoms with van der Waals surface area (Å²) in [6.07, 6.45) is 0. The van der Waals surface area contributed by atoms with E-state index in [1.54, 1.807) is 0 Å². The molecule has 0 saturated carbocycles. The summed E-state index contributed by atoms with van der Waals surface area (Å²) in [5, 5.41) is 0. The summed E-state index contributed by atoms with van der Waals surface area (Å²) in [5.41, 5.74) is 10.2. The van der Waals surface area contributed by atoms with Crippen LogP contribution in [-0.2, 0) is 0 Å². The molecule has 0 fully saturated rings. The molecule has 21 heavy (non-hydrogen) atoms. The summed E-state index contributed by atoms with van der Waals surface area (Å²) < 4.78 is 0. The maximum Gasteiger partial charge on any atom is 0.0491 e. The van der Waals surface area contributed by atoms with Gasteiger partial charge in [-0.1, -0.05) is 59.7 Å². The lowest BCUT2D eigenvalue weighted by Gasteiger charge is -2.02. The van der Waals surface area contributed by atoms with Gasteiger partial charge in [-0.2, -0.15) is 0 Å². The quantitative estimate of drug-likeness (QED) is 0.628. The Hall–Kier alpha value is -2.28. The van der Waals surface area contributed by atoms with E-state index in [0.29, 0.717) is 0 Å². The molecule has 0 aliphatic carbocycles. The molecular weight excluding hydrogens is 254 g/mol. The third-order valence-corrected chi connectivity index (χ3v) is 4.24. The molecule has 0 unspecified atom stereocenters. The summed E-state index contributed by atoms with van der Waals surface area (Å²) in [6, 6.07) is 17.4. The molecule has 106 valence electrons. The molecule has 0 aliphatic heterocycles. The zero-order chi connectivity index (χ0) is 15.0. The van der Waals surface area contributed by atoms with Crippen molar-refractivity contribution in [3.63, 3.8) is 0 Å². The van der Waals surface area contributed by atoms with Gasteiger partial charge in [-0.25, -0.2) is 0 Å². The number of aryl methyl sites for hydroxylation is 2. The molecular formula is C20H21N. The first-order valence-corrected chi connectivity index (χ1v) is 7.39. The van der Waals surface area contributed by atoms with Crippen molar-refractivity contribution < 1.29 is 0 Å². The summed E-state index contributed by atoms with van der Waals surface area (Å²) in [5.74, 6) is 0. The largest absolute Gasteiger partial charge is 0.354 e. The minimum Gasteiger partial charge on any atom is -0.354 e. The van der Waals surface area contributed by atoms with Crippen molar-refractivity contribution >= 4 is 0 Å². The van der Waals surface area contributed by atoms with Gasteiger partial charge in [-0.05, 0) is 49.9 Å². The lowest BCUT2D eigenvalue weighted by atomic mass is 10.0. The van der Waals surface area contributed by atoms with Crippen LogP contribution in [0.3, 0.4) is 0 Å². The Morgan fingerprint density at radius 2 is 0.857 bits per heavy atom. The van der Waals surface area contributed by atoms with Crippen molar-refractivity contribution in [3.8, 4) is 22.5 Å². The van der Waals surface area contributed by atoms with E-state index in [1.807, 2.05) is 0 Å². The molecule has 0 aliphatic rings. The number of hydrogen-bond acceptors (Lipinski definition) is 0. The summed E-state index contributed by atoms with van der Waals surface area (Å²) >= 11 is 0. The highest BCUT2D eigenvalue weighted by Gasteiger charge is 2.13. The number of aromatic amines is 1. The van der Waals surface area contributed by atoms with Crippen molar-refractivity contribution in [2.75, 3.05) is 0 Å². The highest BCUT2D eigenvalue weighted by Crippen LogP contribution is 2.32. The predicted octanol–water partition coefficient (Wildman–Crippen LogP) is 5.58. The maximum atomic E-state index is 3.62. The molecule has 0 saturated heterocycles. The number of hydrogen-bond donors (Lipinski definition) is 1. The Morgan fingerprint density at radius 1 is 0.524 bits per heavy atom. The number of aromatic nitrogens is 1. The highest BCUT2D eigenvalue weighted by atomic mass is 14.7. The Morgan fingerprint density at radius 3 is 1.19 bits per heavy atom. The Balaban J connectivity index is 2.11. The zero-order valence-electron chi connectivity index (χ0n) is 13.1. The van der Waals surface area contributed by atoms with Gasteiger partial charge in [0, 0.05) is 11.4 Å². The van der Waals surface area contributed by atoms with Gasteiger partial charge in [0.05, 0.1) is 0 Å². The lowest BCUT2D eigenvalue weighted by molar-refractivity contribution is 1.35. The van der Waals surface area contributed by atoms with Gasteiger partial charge in [-0.3, -0.25) is 0 Å². The smallest absolute Gasteiger partial charge is 0.0491 e. The minimum atomic E-state index is 1.23. The first-order chi connectivity index (χ1) is 10.1. The lowest BCUT2D eigenvalue weighted by Crippen LogP contribution is -1.82. The number of nitrogens with one attached hydrogen (secondary N) is 1.